The number of nitrogens with zero attached hydrogens (tertiary/aromatic N) is 1. The smallest absolute Gasteiger partial charge is 0.162 e. The standard InChI is InChI=1S/C19H25NO2S/c1-2-22-17-10-6-8-15(19(17)21)14-20-12-5-3-4-9-16(20)18-11-7-13-23-18/h6-8,10-11,13,16,21H,2-5,9,12,14H2,1H3/t16-/m1/s1. The van der Waals surface area contributed by atoms with Gasteiger partial charge in [-0.25, -0.2) is 0 Å². The van der Waals surface area contributed by atoms with Crippen LogP contribution < -0.4 is 4.74 Å². The Morgan fingerprint density at radius 2 is 2.13 bits per heavy atom. The predicted octanol–water partition coefficient (Wildman–Crippen LogP) is 4.97. The van der Waals surface area contributed by atoms with Crippen molar-refractivity contribution in [2.45, 2.75) is 45.2 Å². The highest BCUT2D eigenvalue weighted by molar-refractivity contribution is 7.10. The fraction of sp³-hybridized carbons (Fsp3) is 0.474. The number of phenolic OH excluding ortho intramolecular Hbond substituents is 1. The van der Waals surface area contributed by atoms with Gasteiger partial charge in [-0.2, -0.15) is 0 Å². The molecule has 1 saturated heterocycles. The van der Waals surface area contributed by atoms with Gasteiger partial charge in [0.25, 0.3) is 0 Å². The maximum Gasteiger partial charge on any atom is 0.162 e. The quantitative estimate of drug-likeness (QED) is 0.839. The fourth-order valence-corrected chi connectivity index (χ4v) is 4.24. The molecule has 1 aliphatic rings. The highest BCUT2D eigenvalue weighted by Gasteiger charge is 2.24. The van der Waals surface area contributed by atoms with Crippen LogP contribution in [0.5, 0.6) is 11.5 Å². The summed E-state index contributed by atoms with van der Waals surface area (Å²) in [4.78, 5) is 3.95. The van der Waals surface area contributed by atoms with Gasteiger partial charge in [0.2, 0.25) is 0 Å². The van der Waals surface area contributed by atoms with Crippen LogP contribution in [0.3, 0.4) is 0 Å². The number of benzene rings is 1. The number of para-hydroxylation sites is 1. The summed E-state index contributed by atoms with van der Waals surface area (Å²) in [7, 11) is 0. The van der Waals surface area contributed by atoms with Crippen molar-refractivity contribution in [3.63, 3.8) is 0 Å². The molecule has 0 bridgehead atoms. The first-order valence-electron chi connectivity index (χ1n) is 8.50. The topological polar surface area (TPSA) is 32.7 Å². The summed E-state index contributed by atoms with van der Waals surface area (Å²) in [6, 6.07) is 10.7. The van der Waals surface area contributed by atoms with E-state index in [0.717, 1.165) is 18.7 Å². The van der Waals surface area contributed by atoms with Crippen LogP contribution in [0.15, 0.2) is 35.7 Å². The van der Waals surface area contributed by atoms with Crippen molar-refractivity contribution in [3.8, 4) is 11.5 Å². The van der Waals surface area contributed by atoms with E-state index in [4.69, 9.17) is 4.74 Å². The van der Waals surface area contributed by atoms with Gasteiger partial charge in [0, 0.05) is 23.0 Å². The van der Waals surface area contributed by atoms with Crippen molar-refractivity contribution < 1.29 is 9.84 Å². The Balaban J connectivity index is 1.82. The number of aromatic hydroxyl groups is 1. The van der Waals surface area contributed by atoms with E-state index in [0.29, 0.717) is 24.1 Å². The Hall–Kier alpha value is -1.52. The molecule has 4 heteroatoms. The molecule has 1 fully saturated rings. The van der Waals surface area contributed by atoms with Crippen molar-refractivity contribution in [2.24, 2.45) is 0 Å². The van der Waals surface area contributed by atoms with Crippen LogP contribution in [-0.4, -0.2) is 23.2 Å². The van der Waals surface area contributed by atoms with Gasteiger partial charge in [-0.15, -0.1) is 11.3 Å². The van der Waals surface area contributed by atoms with Crippen LogP contribution >= 0.6 is 11.3 Å². The fourth-order valence-electron chi connectivity index (χ4n) is 3.35. The van der Waals surface area contributed by atoms with E-state index in [9.17, 15) is 5.11 Å². The molecule has 0 spiro atoms. The van der Waals surface area contributed by atoms with Crippen LogP contribution in [-0.2, 0) is 6.54 Å². The third-order valence-electron chi connectivity index (χ3n) is 4.49. The maximum atomic E-state index is 10.5. The molecule has 0 saturated carbocycles. The van der Waals surface area contributed by atoms with E-state index in [2.05, 4.69) is 22.4 Å². The molecule has 0 aliphatic carbocycles. The Bertz CT molecular complexity index is 612. The Labute approximate surface area is 142 Å². The lowest BCUT2D eigenvalue weighted by molar-refractivity contribution is 0.192. The van der Waals surface area contributed by atoms with Gasteiger partial charge < -0.3 is 9.84 Å². The van der Waals surface area contributed by atoms with Gasteiger partial charge in [0.15, 0.2) is 11.5 Å². The number of phenols is 1. The van der Waals surface area contributed by atoms with Gasteiger partial charge in [-0.1, -0.05) is 31.0 Å². The summed E-state index contributed by atoms with van der Waals surface area (Å²) < 4.78 is 5.52. The lowest BCUT2D eigenvalue weighted by Gasteiger charge is -2.29. The zero-order valence-electron chi connectivity index (χ0n) is 13.7. The lowest BCUT2D eigenvalue weighted by atomic mass is 10.1. The average molecular weight is 331 g/mol. The first-order chi connectivity index (χ1) is 11.3. The lowest BCUT2D eigenvalue weighted by Crippen LogP contribution is -2.27. The zero-order chi connectivity index (χ0) is 16.1. The molecule has 0 radical (unpaired) electrons. The number of likely N-dealkylation sites (tertiary alicyclic amines) is 1. The second-order valence-corrected chi connectivity index (χ2v) is 7.03. The number of rotatable bonds is 5. The average Bonchev–Trinajstić information content (AvgIpc) is 2.99. The summed E-state index contributed by atoms with van der Waals surface area (Å²) in [6.07, 6.45) is 5.01. The van der Waals surface area contributed by atoms with Crippen LogP contribution in [0.1, 0.15) is 49.1 Å². The molecule has 1 aromatic heterocycles. The summed E-state index contributed by atoms with van der Waals surface area (Å²) in [5, 5.41) is 12.6. The molecule has 124 valence electrons. The molecule has 0 unspecified atom stereocenters. The highest BCUT2D eigenvalue weighted by atomic mass is 32.1. The minimum Gasteiger partial charge on any atom is -0.504 e. The largest absolute Gasteiger partial charge is 0.504 e. The van der Waals surface area contributed by atoms with Crippen LogP contribution in [0.25, 0.3) is 0 Å². The van der Waals surface area contributed by atoms with Crippen molar-refractivity contribution in [1.82, 2.24) is 4.90 Å². The minimum absolute atomic E-state index is 0.295. The second kappa shape index (κ2) is 7.84. The van der Waals surface area contributed by atoms with E-state index in [1.165, 1.54) is 30.6 Å². The molecular formula is C19H25NO2S. The molecule has 3 rings (SSSR count). The molecule has 1 aromatic carbocycles. The molecular weight excluding hydrogens is 306 g/mol. The first kappa shape index (κ1) is 16.3. The monoisotopic (exact) mass is 331 g/mol. The first-order valence-corrected chi connectivity index (χ1v) is 9.38. The van der Waals surface area contributed by atoms with E-state index < -0.39 is 0 Å². The van der Waals surface area contributed by atoms with Crippen LogP contribution in [0.2, 0.25) is 0 Å². The molecule has 1 aliphatic heterocycles. The zero-order valence-corrected chi connectivity index (χ0v) is 14.5. The van der Waals surface area contributed by atoms with Gasteiger partial charge in [0.1, 0.15) is 0 Å². The van der Waals surface area contributed by atoms with E-state index in [1.54, 1.807) is 0 Å². The van der Waals surface area contributed by atoms with Crippen molar-refractivity contribution >= 4 is 11.3 Å². The molecule has 2 aromatic rings. The normalized spacial score (nSPS) is 19.4. The molecule has 2 heterocycles. The molecule has 3 nitrogen and oxygen atoms in total. The highest BCUT2D eigenvalue weighted by Crippen LogP contribution is 2.36. The van der Waals surface area contributed by atoms with Crippen LogP contribution in [0.4, 0.5) is 0 Å². The van der Waals surface area contributed by atoms with Gasteiger partial charge in [-0.05, 0) is 43.8 Å². The van der Waals surface area contributed by atoms with E-state index in [1.807, 2.05) is 36.5 Å². The van der Waals surface area contributed by atoms with Gasteiger partial charge in [-0.3, -0.25) is 4.90 Å². The summed E-state index contributed by atoms with van der Waals surface area (Å²) >= 11 is 1.84. The third kappa shape index (κ3) is 3.88. The summed E-state index contributed by atoms with van der Waals surface area (Å²) in [5.74, 6) is 0.885. The molecule has 23 heavy (non-hydrogen) atoms. The second-order valence-electron chi connectivity index (χ2n) is 6.05. The van der Waals surface area contributed by atoms with E-state index in [-0.39, 0.29) is 0 Å². The summed E-state index contributed by atoms with van der Waals surface area (Å²) in [6.45, 7) is 4.36. The summed E-state index contributed by atoms with van der Waals surface area (Å²) in [5.41, 5.74) is 0.958. The third-order valence-corrected chi connectivity index (χ3v) is 5.46. The Morgan fingerprint density at radius 1 is 1.22 bits per heavy atom. The number of thiophene rings is 1. The number of ether oxygens (including phenoxy) is 1. The molecule has 1 N–H and O–H groups in total. The Kier molecular flexibility index (Phi) is 5.57. The van der Waals surface area contributed by atoms with Crippen LogP contribution in [0, 0.1) is 0 Å². The molecule has 1 atom stereocenters. The maximum absolute atomic E-state index is 10.5. The van der Waals surface area contributed by atoms with Gasteiger partial charge in [0.05, 0.1) is 6.61 Å². The van der Waals surface area contributed by atoms with Gasteiger partial charge >= 0.3 is 0 Å². The number of hydrogen-bond acceptors (Lipinski definition) is 4. The predicted molar refractivity (Wildman–Crippen MR) is 95.2 cm³/mol. The van der Waals surface area contributed by atoms with Crippen molar-refractivity contribution in [2.75, 3.05) is 13.2 Å². The van der Waals surface area contributed by atoms with E-state index >= 15 is 0 Å². The minimum atomic E-state index is 0.295. The van der Waals surface area contributed by atoms with Crippen molar-refractivity contribution in [1.29, 1.82) is 0 Å². The Morgan fingerprint density at radius 3 is 2.91 bits per heavy atom. The SMILES string of the molecule is CCOc1cccc(CN2CCCCC[C@@H]2c2cccs2)c1O. The number of hydrogen-bond donors (Lipinski definition) is 1. The molecule has 0 amide bonds. The van der Waals surface area contributed by atoms with Crippen molar-refractivity contribution in [3.05, 3.63) is 46.2 Å².